The summed E-state index contributed by atoms with van der Waals surface area (Å²) in [6.07, 6.45) is 5.26. The lowest BCUT2D eigenvalue weighted by Gasteiger charge is -2.38. The molecule has 0 aliphatic carbocycles. The maximum absolute atomic E-state index is 13.9. The number of carbonyl (C=O) groups excluding carboxylic acids is 2. The number of imidazole rings is 1. The Kier molecular flexibility index (Phi) is 7.92. The Labute approximate surface area is 234 Å². The van der Waals surface area contributed by atoms with Crippen molar-refractivity contribution >= 4 is 23.3 Å². The Morgan fingerprint density at radius 1 is 1.05 bits per heavy atom. The summed E-state index contributed by atoms with van der Waals surface area (Å²) in [6.45, 7) is 2.88. The molecule has 202 valence electrons. The van der Waals surface area contributed by atoms with Crippen molar-refractivity contribution in [1.29, 1.82) is 5.26 Å². The van der Waals surface area contributed by atoms with Crippen LogP contribution < -0.4 is 10.2 Å². The van der Waals surface area contributed by atoms with Gasteiger partial charge in [-0.2, -0.15) is 5.26 Å². The number of carbonyl (C=O) groups is 2. The molecule has 4 aromatic rings. The zero-order chi connectivity index (χ0) is 28.0. The van der Waals surface area contributed by atoms with E-state index in [0.29, 0.717) is 31.5 Å². The average Bonchev–Trinajstić information content (AvgIpc) is 3.55. The predicted octanol–water partition coefficient (Wildman–Crippen LogP) is 5.53. The number of H-pyrrole nitrogens is 1. The van der Waals surface area contributed by atoms with Crippen LogP contribution in [-0.4, -0.2) is 39.9 Å². The van der Waals surface area contributed by atoms with Crippen molar-refractivity contribution in [3.8, 4) is 6.07 Å². The van der Waals surface area contributed by atoms with Gasteiger partial charge in [0.1, 0.15) is 0 Å². The highest BCUT2D eigenvalue weighted by Crippen LogP contribution is 2.30. The Balaban J connectivity index is 1.34. The molecule has 1 fully saturated rings. The molecule has 1 saturated heterocycles. The van der Waals surface area contributed by atoms with Gasteiger partial charge in [0.05, 0.1) is 52.7 Å². The highest BCUT2D eigenvalue weighted by atomic mass is 16.2. The molecule has 8 nitrogen and oxygen atoms in total. The van der Waals surface area contributed by atoms with Crippen LogP contribution in [0.15, 0.2) is 97.5 Å². The zero-order valence-corrected chi connectivity index (χ0v) is 22.5. The van der Waals surface area contributed by atoms with Crippen molar-refractivity contribution in [3.63, 3.8) is 0 Å². The van der Waals surface area contributed by atoms with Gasteiger partial charge in [-0.1, -0.05) is 48.5 Å². The standard InChI is InChI=1S/C32H32N6O2/c1-32(29-21-34-23-35-29,19-24-14-16-25(20-33)17-15-24)36-30(39)26-9-8-18-37(22-26)31(40)38(27-10-4-2-5-11-27)28-12-6-3-7-13-28/h2-7,10-17,21,23,26H,8-9,18-19,22H2,1H3,(H,34,35)(H,36,39)/t26-,32?/m0/s1. The van der Waals surface area contributed by atoms with Crippen LogP contribution in [0.2, 0.25) is 0 Å². The highest BCUT2D eigenvalue weighted by molar-refractivity contribution is 5.99. The zero-order valence-electron chi connectivity index (χ0n) is 22.5. The molecule has 0 saturated carbocycles. The van der Waals surface area contributed by atoms with E-state index in [2.05, 4.69) is 21.4 Å². The second kappa shape index (κ2) is 11.9. The van der Waals surface area contributed by atoms with E-state index in [4.69, 9.17) is 5.26 Å². The van der Waals surface area contributed by atoms with E-state index in [1.807, 2.05) is 79.7 Å². The lowest BCUT2D eigenvalue weighted by molar-refractivity contribution is -0.128. The van der Waals surface area contributed by atoms with E-state index in [9.17, 15) is 9.59 Å². The number of aromatic amines is 1. The molecule has 2 N–H and O–H groups in total. The van der Waals surface area contributed by atoms with E-state index in [1.54, 1.807) is 34.5 Å². The van der Waals surface area contributed by atoms with Crippen LogP contribution in [0.3, 0.4) is 0 Å². The number of hydrogen-bond donors (Lipinski definition) is 2. The predicted molar refractivity (Wildman–Crippen MR) is 154 cm³/mol. The first-order chi connectivity index (χ1) is 19.5. The third-order valence-corrected chi connectivity index (χ3v) is 7.42. The lowest BCUT2D eigenvalue weighted by Crippen LogP contribution is -2.53. The lowest BCUT2D eigenvalue weighted by atomic mass is 9.87. The summed E-state index contributed by atoms with van der Waals surface area (Å²) >= 11 is 0. The summed E-state index contributed by atoms with van der Waals surface area (Å²) < 4.78 is 0. The molecule has 1 aromatic heterocycles. The molecule has 2 atom stereocenters. The first kappa shape index (κ1) is 26.7. The van der Waals surface area contributed by atoms with E-state index in [-0.39, 0.29) is 17.9 Å². The maximum Gasteiger partial charge on any atom is 0.329 e. The first-order valence-corrected chi connectivity index (χ1v) is 13.5. The van der Waals surface area contributed by atoms with Gasteiger partial charge in [-0.25, -0.2) is 9.78 Å². The van der Waals surface area contributed by atoms with Gasteiger partial charge in [0.25, 0.3) is 0 Å². The molecule has 1 aliphatic heterocycles. The normalized spacial score (nSPS) is 16.4. The third kappa shape index (κ3) is 5.89. The fraction of sp³-hybridized carbons (Fsp3) is 0.250. The number of amides is 3. The number of urea groups is 1. The van der Waals surface area contributed by atoms with Crippen LogP contribution in [0.25, 0.3) is 0 Å². The molecular formula is C32H32N6O2. The Morgan fingerprint density at radius 3 is 2.27 bits per heavy atom. The van der Waals surface area contributed by atoms with Gasteiger partial charge in [0.2, 0.25) is 5.91 Å². The third-order valence-electron chi connectivity index (χ3n) is 7.42. The molecule has 8 heteroatoms. The molecule has 0 spiro atoms. The van der Waals surface area contributed by atoms with Gasteiger partial charge < -0.3 is 15.2 Å². The van der Waals surface area contributed by atoms with Gasteiger partial charge in [0.15, 0.2) is 0 Å². The fourth-order valence-electron chi connectivity index (χ4n) is 5.27. The topological polar surface area (TPSA) is 105 Å². The summed E-state index contributed by atoms with van der Waals surface area (Å²) in [5, 5.41) is 12.4. The number of hydrogen-bond acceptors (Lipinski definition) is 4. The van der Waals surface area contributed by atoms with Crippen LogP contribution in [0.5, 0.6) is 0 Å². The minimum Gasteiger partial charge on any atom is -0.347 e. The highest BCUT2D eigenvalue weighted by Gasteiger charge is 2.36. The van der Waals surface area contributed by atoms with Crippen molar-refractivity contribution in [2.45, 2.75) is 31.7 Å². The molecule has 1 aliphatic rings. The molecule has 2 heterocycles. The van der Waals surface area contributed by atoms with Crippen molar-refractivity contribution in [3.05, 3.63) is 114 Å². The average molecular weight is 533 g/mol. The number of nitriles is 1. The number of nitrogens with one attached hydrogen (secondary N) is 2. The summed E-state index contributed by atoms with van der Waals surface area (Å²) in [5.74, 6) is -0.455. The first-order valence-electron chi connectivity index (χ1n) is 13.5. The van der Waals surface area contributed by atoms with Crippen molar-refractivity contribution < 1.29 is 9.59 Å². The summed E-state index contributed by atoms with van der Waals surface area (Å²) in [6, 6.07) is 28.5. The summed E-state index contributed by atoms with van der Waals surface area (Å²) in [5.41, 5.74) is 3.15. The number of para-hydroxylation sites is 2. The van der Waals surface area contributed by atoms with Crippen molar-refractivity contribution in [2.24, 2.45) is 5.92 Å². The fourth-order valence-corrected chi connectivity index (χ4v) is 5.27. The Bertz CT molecular complexity index is 1430. The van der Waals surface area contributed by atoms with E-state index < -0.39 is 5.54 Å². The number of anilines is 2. The maximum atomic E-state index is 13.9. The van der Waals surface area contributed by atoms with Gasteiger partial charge >= 0.3 is 6.03 Å². The summed E-state index contributed by atoms with van der Waals surface area (Å²) in [7, 11) is 0. The second-order valence-corrected chi connectivity index (χ2v) is 10.3. The van der Waals surface area contributed by atoms with E-state index >= 15 is 0 Å². The van der Waals surface area contributed by atoms with E-state index in [1.165, 1.54) is 0 Å². The van der Waals surface area contributed by atoms with Crippen molar-refractivity contribution in [1.82, 2.24) is 20.2 Å². The number of aromatic nitrogens is 2. The molecule has 5 rings (SSSR count). The van der Waals surface area contributed by atoms with Gasteiger partial charge in [-0.3, -0.25) is 9.69 Å². The Hall–Kier alpha value is -4.90. The molecular weight excluding hydrogens is 500 g/mol. The van der Waals surface area contributed by atoms with Crippen LogP contribution in [0, 0.1) is 17.2 Å². The van der Waals surface area contributed by atoms with Gasteiger partial charge in [0, 0.05) is 19.5 Å². The smallest absolute Gasteiger partial charge is 0.329 e. The monoisotopic (exact) mass is 532 g/mol. The van der Waals surface area contributed by atoms with Gasteiger partial charge in [-0.05, 0) is 61.7 Å². The molecule has 3 aromatic carbocycles. The minimum atomic E-state index is -0.756. The quantitative estimate of drug-likeness (QED) is 0.327. The minimum absolute atomic E-state index is 0.103. The molecule has 3 amide bonds. The number of nitrogens with zero attached hydrogens (tertiary/aromatic N) is 4. The van der Waals surface area contributed by atoms with Crippen LogP contribution in [0.1, 0.15) is 36.6 Å². The second-order valence-electron chi connectivity index (χ2n) is 10.3. The molecule has 40 heavy (non-hydrogen) atoms. The van der Waals surface area contributed by atoms with Crippen LogP contribution in [0.4, 0.5) is 16.2 Å². The van der Waals surface area contributed by atoms with Crippen LogP contribution in [-0.2, 0) is 16.8 Å². The van der Waals surface area contributed by atoms with E-state index in [0.717, 1.165) is 29.1 Å². The molecule has 0 radical (unpaired) electrons. The number of rotatable bonds is 7. The molecule has 0 bridgehead atoms. The number of piperidine rings is 1. The number of benzene rings is 3. The van der Waals surface area contributed by atoms with Crippen LogP contribution >= 0.6 is 0 Å². The Morgan fingerprint density at radius 2 is 1.70 bits per heavy atom. The SMILES string of the molecule is CC(Cc1ccc(C#N)cc1)(NC(=O)[C@H]1CCCN(C(=O)N(c2ccccc2)c2ccccc2)C1)c1cnc[nH]1. The number of likely N-dealkylation sites (tertiary alicyclic amines) is 1. The van der Waals surface area contributed by atoms with Crippen molar-refractivity contribution in [2.75, 3.05) is 18.0 Å². The largest absolute Gasteiger partial charge is 0.347 e. The molecule has 1 unspecified atom stereocenters. The summed E-state index contributed by atoms with van der Waals surface area (Å²) in [4.78, 5) is 38.5. The van der Waals surface area contributed by atoms with Gasteiger partial charge in [-0.15, -0.1) is 0 Å².